The molecule has 0 aromatic rings. The van der Waals surface area contributed by atoms with Gasteiger partial charge in [-0.05, 0) is 91.3 Å². The van der Waals surface area contributed by atoms with Gasteiger partial charge in [0, 0.05) is 35.2 Å². The lowest BCUT2D eigenvalue weighted by Gasteiger charge is -2.37. The van der Waals surface area contributed by atoms with Gasteiger partial charge in [0.2, 0.25) is 0 Å². The molecule has 10 atom stereocenters. The quantitative estimate of drug-likeness (QED) is 0.116. The van der Waals surface area contributed by atoms with Crippen LogP contribution in [0.5, 0.6) is 0 Å². The van der Waals surface area contributed by atoms with Crippen molar-refractivity contribution < 1.29 is 71.6 Å². The topological polar surface area (TPSA) is 233 Å². The highest BCUT2D eigenvalue weighted by Crippen LogP contribution is 2.28. The second-order valence-electron chi connectivity index (χ2n) is 26.0. The molecule has 1 fully saturated rings. The summed E-state index contributed by atoms with van der Waals surface area (Å²) in [6.07, 6.45) is -6.95. The second kappa shape index (κ2) is 32.4. The largest absolute Gasteiger partial charge is 0.450 e. The molecule has 1 rings (SSSR count). The zero-order valence-electron chi connectivity index (χ0n) is 53.4. The van der Waals surface area contributed by atoms with Gasteiger partial charge in [-0.15, -0.1) is 0 Å². The number of esters is 5. The third-order valence-corrected chi connectivity index (χ3v) is 14.4. The van der Waals surface area contributed by atoms with Gasteiger partial charge in [0.25, 0.3) is 29.5 Å². The predicted octanol–water partition coefficient (Wildman–Crippen LogP) is 7.20. The number of amides is 5. The maximum Gasteiger partial charge on any atom is 0.329 e. The molecule has 1 heterocycles. The number of rotatable bonds is 15. The standard InChI is InChI=1S/C60H105N5O15/c1-31(2)26-41-56(71)76-47(37(13)14)52(67)62(22)43(28-33(5)6)58(73)78-49(39(17)18)54(69)64(24)45(30-35(9)10)60(75)80-50(40(19)20)55(70)65(25)44(29-34(7)8)59(74)79-48(38(15)16)53(68)63(23)42(27-32(3)4)57(72)77-46(36(11)12)51(66)61(41)21/h31-50H,26-30H2,1-25H3. The van der Waals surface area contributed by atoms with E-state index in [2.05, 4.69) is 0 Å². The van der Waals surface area contributed by atoms with Gasteiger partial charge < -0.3 is 48.2 Å². The second-order valence-corrected chi connectivity index (χ2v) is 26.0. The Bertz CT molecular complexity index is 1770. The summed E-state index contributed by atoms with van der Waals surface area (Å²) in [7, 11) is 6.93. The van der Waals surface area contributed by atoms with E-state index in [4.69, 9.17) is 23.7 Å². The molecule has 1 aliphatic heterocycles. The summed E-state index contributed by atoms with van der Waals surface area (Å²) in [6.45, 7) is 35.0. The van der Waals surface area contributed by atoms with Crippen molar-refractivity contribution in [3.05, 3.63) is 0 Å². The lowest BCUT2D eigenvalue weighted by molar-refractivity contribution is -0.180. The van der Waals surface area contributed by atoms with Crippen molar-refractivity contribution in [3.8, 4) is 0 Å². The van der Waals surface area contributed by atoms with E-state index in [9.17, 15) is 47.9 Å². The lowest BCUT2D eigenvalue weighted by atomic mass is 9.98. The number of carbonyl (C=O) groups is 10. The van der Waals surface area contributed by atoms with Crippen LogP contribution in [0.25, 0.3) is 0 Å². The average Bonchev–Trinajstić information content (AvgIpc) is 3.34. The van der Waals surface area contributed by atoms with E-state index >= 15 is 0 Å². The third-order valence-electron chi connectivity index (χ3n) is 14.4. The van der Waals surface area contributed by atoms with Crippen LogP contribution in [0.4, 0.5) is 0 Å². The van der Waals surface area contributed by atoms with Crippen LogP contribution in [0.1, 0.15) is 171 Å². The Morgan fingerprint density at radius 1 is 0.250 bits per heavy atom. The van der Waals surface area contributed by atoms with Crippen molar-refractivity contribution in [3.63, 3.8) is 0 Å². The van der Waals surface area contributed by atoms with Crippen molar-refractivity contribution in [1.29, 1.82) is 0 Å². The van der Waals surface area contributed by atoms with E-state index < -0.39 is 150 Å². The smallest absolute Gasteiger partial charge is 0.329 e. The van der Waals surface area contributed by atoms with E-state index in [1.54, 1.807) is 69.2 Å². The first-order chi connectivity index (χ1) is 36.7. The fourth-order valence-electron chi connectivity index (χ4n) is 9.44. The molecule has 0 aromatic carbocycles. The molecule has 20 nitrogen and oxygen atoms in total. The summed E-state index contributed by atoms with van der Waals surface area (Å²) in [6, 6.07) is -6.42. The zero-order valence-corrected chi connectivity index (χ0v) is 53.4. The molecular weight excluding hydrogens is 1030 g/mol. The number of likely N-dealkylation sites (N-methyl/N-ethyl adjacent to an activating group) is 5. The summed E-state index contributed by atoms with van der Waals surface area (Å²) in [5.74, 6) is -12.5. The molecule has 1 saturated heterocycles. The number of hydrogen-bond acceptors (Lipinski definition) is 15. The van der Waals surface area contributed by atoms with Crippen LogP contribution in [0.15, 0.2) is 0 Å². The molecule has 0 bridgehead atoms. The van der Waals surface area contributed by atoms with Crippen LogP contribution in [0.3, 0.4) is 0 Å². The number of nitrogens with zero attached hydrogens (tertiary/aromatic N) is 5. The Morgan fingerprint density at radius 3 is 0.450 bits per heavy atom. The maximum atomic E-state index is 14.7. The summed E-state index contributed by atoms with van der Waals surface area (Å²) < 4.78 is 30.3. The Labute approximate surface area is 479 Å². The molecule has 5 amide bonds. The van der Waals surface area contributed by atoms with Crippen LogP contribution in [-0.2, 0) is 71.6 Å². The van der Waals surface area contributed by atoms with Gasteiger partial charge >= 0.3 is 29.8 Å². The van der Waals surface area contributed by atoms with Crippen LogP contribution in [0, 0.1) is 59.2 Å². The molecule has 0 N–H and O–H groups in total. The van der Waals surface area contributed by atoms with Crippen molar-refractivity contribution >= 4 is 59.4 Å². The molecule has 80 heavy (non-hydrogen) atoms. The van der Waals surface area contributed by atoms with E-state index in [-0.39, 0.29) is 61.7 Å². The predicted molar refractivity (Wildman–Crippen MR) is 304 cm³/mol. The van der Waals surface area contributed by atoms with Crippen LogP contribution >= 0.6 is 0 Å². The summed E-state index contributed by atoms with van der Waals surface area (Å²) in [5, 5.41) is 0. The fourth-order valence-corrected chi connectivity index (χ4v) is 9.44. The summed E-state index contributed by atoms with van der Waals surface area (Å²) in [5.41, 5.74) is 0. The van der Waals surface area contributed by atoms with E-state index in [0.29, 0.717) is 0 Å². The molecule has 20 heteroatoms. The van der Waals surface area contributed by atoms with E-state index in [1.165, 1.54) is 35.2 Å². The van der Waals surface area contributed by atoms with Gasteiger partial charge in [-0.2, -0.15) is 0 Å². The van der Waals surface area contributed by atoms with E-state index in [0.717, 1.165) is 24.5 Å². The molecule has 460 valence electrons. The van der Waals surface area contributed by atoms with Gasteiger partial charge in [0.1, 0.15) is 30.2 Å². The number of ether oxygens (including phenoxy) is 5. The average molecular weight is 1140 g/mol. The van der Waals surface area contributed by atoms with Crippen molar-refractivity contribution in [2.45, 2.75) is 231 Å². The molecule has 1 aliphatic rings. The molecule has 0 aromatic heterocycles. The molecular formula is C60H105N5O15. The van der Waals surface area contributed by atoms with Crippen molar-refractivity contribution in [1.82, 2.24) is 24.5 Å². The number of hydrogen-bond donors (Lipinski definition) is 0. The minimum Gasteiger partial charge on any atom is -0.450 e. The molecule has 10 unspecified atom stereocenters. The zero-order chi connectivity index (χ0) is 62.3. The highest BCUT2D eigenvalue weighted by Gasteiger charge is 2.46. The summed E-state index contributed by atoms with van der Waals surface area (Å²) in [4.78, 5) is 152. The third kappa shape index (κ3) is 20.6. The maximum absolute atomic E-state index is 14.7. The Morgan fingerprint density at radius 2 is 0.362 bits per heavy atom. The molecule has 0 aliphatic carbocycles. The highest BCUT2D eigenvalue weighted by molar-refractivity contribution is 5.95. The van der Waals surface area contributed by atoms with Gasteiger partial charge in [-0.3, -0.25) is 24.0 Å². The number of carbonyl (C=O) groups excluding carboxylic acids is 10. The van der Waals surface area contributed by atoms with Crippen molar-refractivity contribution in [2.75, 3.05) is 35.2 Å². The van der Waals surface area contributed by atoms with Gasteiger partial charge in [0.05, 0.1) is 0 Å². The Balaban J connectivity index is 4.40. The number of cyclic esters (lactones) is 5. The first-order valence-electron chi connectivity index (χ1n) is 29.1. The highest BCUT2D eigenvalue weighted by atomic mass is 16.6. The Kier molecular flexibility index (Phi) is 29.4. The minimum atomic E-state index is -1.47. The Hall–Kier alpha value is -5.30. The molecule has 0 saturated carbocycles. The van der Waals surface area contributed by atoms with Crippen molar-refractivity contribution in [2.24, 2.45) is 59.2 Å². The summed E-state index contributed by atoms with van der Waals surface area (Å²) >= 11 is 0. The monoisotopic (exact) mass is 1140 g/mol. The van der Waals surface area contributed by atoms with Gasteiger partial charge in [-0.25, -0.2) is 24.0 Å². The lowest BCUT2D eigenvalue weighted by Crippen LogP contribution is -2.56. The molecule has 0 radical (unpaired) electrons. The normalized spacial score (nSPS) is 26.6. The molecule has 0 spiro atoms. The fraction of sp³-hybridized carbons (Fsp3) is 0.833. The van der Waals surface area contributed by atoms with Gasteiger partial charge in [-0.1, -0.05) is 138 Å². The first kappa shape index (κ1) is 72.7. The first-order valence-corrected chi connectivity index (χ1v) is 29.1. The SMILES string of the molecule is CC(C)CC1C(=O)OC(C(C)C)C(=O)N(C)C(CC(C)C)C(=O)OC(C(C)C)C(=O)N(C)C(CC(C)C)C(=O)OC(C(C)C)C(=O)N(C)C(CC(C)C)C(=O)OC(C(C)C)C(=O)N(C)C(CC(C)C)C(=O)OC(C(C)C)C(=O)N1C. The van der Waals surface area contributed by atoms with Crippen LogP contribution in [-0.4, -0.2) is 180 Å². The van der Waals surface area contributed by atoms with Gasteiger partial charge in [0.15, 0.2) is 30.5 Å². The van der Waals surface area contributed by atoms with Crippen LogP contribution in [0.2, 0.25) is 0 Å². The van der Waals surface area contributed by atoms with Crippen LogP contribution < -0.4 is 0 Å². The van der Waals surface area contributed by atoms with E-state index in [1.807, 2.05) is 69.2 Å². The minimum absolute atomic E-state index is 0.0780.